The zero-order valence-corrected chi connectivity index (χ0v) is 9.92. The first kappa shape index (κ1) is 11.6. The molecule has 0 bridgehead atoms. The van der Waals surface area contributed by atoms with Crippen LogP contribution >= 0.6 is 0 Å². The molecule has 0 amide bonds. The minimum absolute atomic E-state index is 0.116. The molecular formula is C13H9F2N3O. The van der Waals surface area contributed by atoms with Gasteiger partial charge in [0, 0.05) is 18.0 Å². The lowest BCUT2D eigenvalue weighted by molar-refractivity contribution is 0.515. The number of halogens is 2. The smallest absolute Gasteiger partial charge is 0.192 e. The number of pyridine rings is 1. The van der Waals surface area contributed by atoms with Gasteiger partial charge in [-0.05, 0) is 19.1 Å². The Balaban J connectivity index is 2.26. The van der Waals surface area contributed by atoms with Gasteiger partial charge in [-0.3, -0.25) is 4.79 Å². The molecule has 0 spiro atoms. The maximum absolute atomic E-state index is 13.5. The van der Waals surface area contributed by atoms with E-state index in [1.54, 1.807) is 6.92 Å². The van der Waals surface area contributed by atoms with Crippen molar-refractivity contribution in [3.63, 3.8) is 0 Å². The summed E-state index contributed by atoms with van der Waals surface area (Å²) in [6.45, 7) is 1.75. The molecule has 0 saturated heterocycles. The Morgan fingerprint density at radius 2 is 2.05 bits per heavy atom. The molecule has 0 unspecified atom stereocenters. The molecule has 2 aromatic heterocycles. The normalized spacial score (nSPS) is 11.1. The number of rotatable bonds is 1. The molecule has 3 rings (SSSR count). The first-order valence-electron chi connectivity index (χ1n) is 5.59. The van der Waals surface area contributed by atoms with Crippen molar-refractivity contribution in [3.8, 4) is 11.4 Å². The fourth-order valence-corrected chi connectivity index (χ4v) is 1.90. The summed E-state index contributed by atoms with van der Waals surface area (Å²) in [6, 6.07) is 3.81. The highest BCUT2D eigenvalue weighted by Crippen LogP contribution is 2.21. The van der Waals surface area contributed by atoms with Crippen molar-refractivity contribution in [2.45, 2.75) is 6.92 Å². The zero-order valence-electron chi connectivity index (χ0n) is 9.92. The molecule has 3 aromatic rings. The van der Waals surface area contributed by atoms with Gasteiger partial charge in [0.05, 0.1) is 11.1 Å². The first-order valence-corrected chi connectivity index (χ1v) is 5.59. The molecule has 0 radical (unpaired) electrons. The summed E-state index contributed by atoms with van der Waals surface area (Å²) >= 11 is 0. The van der Waals surface area contributed by atoms with Gasteiger partial charge >= 0.3 is 0 Å². The molecule has 2 N–H and O–H groups in total. The summed E-state index contributed by atoms with van der Waals surface area (Å²) in [6.07, 6.45) is 1.49. The second-order valence-electron chi connectivity index (χ2n) is 4.24. The molecule has 4 nitrogen and oxygen atoms in total. The number of hydrogen-bond acceptors (Lipinski definition) is 2. The fourth-order valence-electron chi connectivity index (χ4n) is 1.90. The number of aromatic amines is 2. The number of H-pyrrole nitrogens is 2. The average molecular weight is 261 g/mol. The number of nitrogens with zero attached hydrogens (tertiary/aromatic N) is 1. The second-order valence-corrected chi connectivity index (χ2v) is 4.24. The quantitative estimate of drug-likeness (QED) is 0.707. The lowest BCUT2D eigenvalue weighted by Crippen LogP contribution is -2.05. The number of imidazole rings is 1. The van der Waals surface area contributed by atoms with Gasteiger partial charge in [-0.2, -0.15) is 0 Å². The van der Waals surface area contributed by atoms with Gasteiger partial charge < -0.3 is 9.97 Å². The molecule has 2 heterocycles. The van der Waals surface area contributed by atoms with Crippen LogP contribution in [0.4, 0.5) is 8.78 Å². The number of aryl methyl sites for hydroxylation is 1. The monoisotopic (exact) mass is 261 g/mol. The Hall–Kier alpha value is -2.50. The maximum Gasteiger partial charge on any atom is 0.192 e. The lowest BCUT2D eigenvalue weighted by atomic mass is 10.2. The van der Waals surface area contributed by atoms with Gasteiger partial charge in [0.2, 0.25) is 0 Å². The average Bonchev–Trinajstić information content (AvgIpc) is 2.78. The highest BCUT2D eigenvalue weighted by Gasteiger charge is 2.14. The highest BCUT2D eigenvalue weighted by atomic mass is 19.2. The highest BCUT2D eigenvalue weighted by molar-refractivity contribution is 5.79. The second kappa shape index (κ2) is 4.01. The largest absolute Gasteiger partial charge is 0.364 e. The third kappa shape index (κ3) is 1.81. The number of hydrogen-bond donors (Lipinski definition) is 2. The van der Waals surface area contributed by atoms with Crippen molar-refractivity contribution < 1.29 is 8.78 Å². The molecule has 1 aromatic carbocycles. The minimum atomic E-state index is -1.02. The van der Waals surface area contributed by atoms with E-state index in [0.717, 1.165) is 6.07 Å². The van der Waals surface area contributed by atoms with Crippen LogP contribution in [0.3, 0.4) is 0 Å². The molecule has 0 atom stereocenters. The van der Waals surface area contributed by atoms with E-state index in [9.17, 15) is 13.6 Å². The van der Waals surface area contributed by atoms with Crippen LogP contribution in [-0.2, 0) is 0 Å². The van der Waals surface area contributed by atoms with Gasteiger partial charge in [0.1, 0.15) is 11.3 Å². The Morgan fingerprint density at radius 1 is 1.26 bits per heavy atom. The summed E-state index contributed by atoms with van der Waals surface area (Å²) in [5, 5.41) is 0. The van der Waals surface area contributed by atoms with Crippen LogP contribution in [0.25, 0.3) is 22.4 Å². The van der Waals surface area contributed by atoms with E-state index in [4.69, 9.17) is 0 Å². The van der Waals surface area contributed by atoms with Crippen molar-refractivity contribution in [3.05, 3.63) is 51.9 Å². The van der Waals surface area contributed by atoms with Crippen LogP contribution in [0.15, 0.2) is 29.2 Å². The Labute approximate surface area is 106 Å². The van der Waals surface area contributed by atoms with Gasteiger partial charge in [-0.25, -0.2) is 13.8 Å². The maximum atomic E-state index is 13.5. The van der Waals surface area contributed by atoms with E-state index in [1.165, 1.54) is 18.3 Å². The van der Waals surface area contributed by atoms with Gasteiger partial charge in [0.25, 0.3) is 0 Å². The van der Waals surface area contributed by atoms with Crippen molar-refractivity contribution in [1.82, 2.24) is 15.0 Å². The van der Waals surface area contributed by atoms with Gasteiger partial charge in [-0.15, -0.1) is 0 Å². The van der Waals surface area contributed by atoms with E-state index in [0.29, 0.717) is 11.2 Å². The van der Waals surface area contributed by atoms with Crippen molar-refractivity contribution in [1.29, 1.82) is 0 Å². The summed E-state index contributed by atoms with van der Waals surface area (Å²) in [5.41, 5.74) is 0.976. The van der Waals surface area contributed by atoms with E-state index in [1.807, 2.05) is 0 Å². The molecular weight excluding hydrogens is 252 g/mol. The first-order chi connectivity index (χ1) is 9.06. The van der Waals surface area contributed by atoms with Crippen LogP contribution in [0.5, 0.6) is 0 Å². The van der Waals surface area contributed by atoms with Crippen molar-refractivity contribution >= 4 is 11.0 Å². The van der Waals surface area contributed by atoms with Crippen molar-refractivity contribution in [2.75, 3.05) is 0 Å². The third-order valence-corrected chi connectivity index (χ3v) is 2.86. The molecule has 19 heavy (non-hydrogen) atoms. The summed E-state index contributed by atoms with van der Waals surface area (Å²) in [4.78, 5) is 21.4. The molecule has 0 saturated carbocycles. The predicted molar refractivity (Wildman–Crippen MR) is 66.8 cm³/mol. The van der Waals surface area contributed by atoms with E-state index < -0.39 is 11.6 Å². The Kier molecular flexibility index (Phi) is 2.45. The Bertz CT molecular complexity index is 836. The number of aromatic nitrogens is 3. The standard InChI is InChI=1S/C13H9F2N3O/c1-6-4-10(19)7(5-16-6)13-17-9-3-2-8(14)11(15)12(9)18-13/h2-5H,1H3,(H,16,19)(H,17,18). The molecule has 96 valence electrons. The topological polar surface area (TPSA) is 61.5 Å². The number of benzene rings is 1. The number of fused-ring (bicyclic) bond motifs is 1. The summed E-state index contributed by atoms with van der Waals surface area (Å²) < 4.78 is 26.6. The van der Waals surface area contributed by atoms with Crippen LogP contribution < -0.4 is 5.43 Å². The molecule has 6 heteroatoms. The van der Waals surface area contributed by atoms with Crippen LogP contribution in [-0.4, -0.2) is 15.0 Å². The van der Waals surface area contributed by atoms with E-state index >= 15 is 0 Å². The molecule has 0 fully saturated rings. The fraction of sp³-hybridized carbons (Fsp3) is 0.0769. The SMILES string of the molecule is Cc1cc(=O)c(-c2nc3c(F)c(F)ccc3[nH]2)c[nH]1. The zero-order chi connectivity index (χ0) is 13.6. The molecule has 0 aliphatic carbocycles. The predicted octanol–water partition coefficient (Wildman–Crippen LogP) is 2.50. The minimum Gasteiger partial charge on any atom is -0.364 e. The number of nitrogens with one attached hydrogen (secondary N) is 2. The molecule has 0 aliphatic heterocycles. The third-order valence-electron chi connectivity index (χ3n) is 2.86. The summed E-state index contributed by atoms with van der Waals surface area (Å²) in [7, 11) is 0. The van der Waals surface area contributed by atoms with Crippen LogP contribution in [0.1, 0.15) is 5.69 Å². The lowest BCUT2D eigenvalue weighted by Gasteiger charge is -1.96. The molecule has 0 aliphatic rings. The Morgan fingerprint density at radius 3 is 2.79 bits per heavy atom. The van der Waals surface area contributed by atoms with Gasteiger partial charge in [0.15, 0.2) is 17.1 Å². The van der Waals surface area contributed by atoms with Crippen molar-refractivity contribution in [2.24, 2.45) is 0 Å². The van der Waals surface area contributed by atoms with E-state index in [-0.39, 0.29) is 22.3 Å². The van der Waals surface area contributed by atoms with Crippen LogP contribution in [0.2, 0.25) is 0 Å². The van der Waals surface area contributed by atoms with E-state index in [2.05, 4.69) is 15.0 Å². The van der Waals surface area contributed by atoms with Gasteiger partial charge in [-0.1, -0.05) is 0 Å². The van der Waals surface area contributed by atoms with Crippen LogP contribution in [0, 0.1) is 18.6 Å². The summed E-state index contributed by atoms with van der Waals surface area (Å²) in [5.74, 6) is -1.78.